The third kappa shape index (κ3) is 3.90. The van der Waals surface area contributed by atoms with Crippen LogP contribution in [0, 0.1) is 0 Å². The SMILES string of the molecule is CCSCCOc1ccc2ccccc2c1CC(C)N. The van der Waals surface area contributed by atoms with E-state index in [2.05, 4.69) is 43.3 Å². The van der Waals surface area contributed by atoms with Gasteiger partial charge in [-0.15, -0.1) is 0 Å². The average molecular weight is 289 g/mol. The Kier molecular flexibility index (Phi) is 5.74. The maximum Gasteiger partial charge on any atom is 0.123 e. The molecular weight excluding hydrogens is 266 g/mol. The molecule has 3 heteroatoms. The van der Waals surface area contributed by atoms with E-state index in [9.17, 15) is 0 Å². The number of ether oxygens (including phenoxy) is 1. The number of benzene rings is 2. The minimum absolute atomic E-state index is 0.133. The van der Waals surface area contributed by atoms with Gasteiger partial charge in [-0.1, -0.05) is 37.3 Å². The summed E-state index contributed by atoms with van der Waals surface area (Å²) < 4.78 is 5.97. The van der Waals surface area contributed by atoms with E-state index in [4.69, 9.17) is 10.5 Å². The van der Waals surface area contributed by atoms with E-state index in [1.807, 2.05) is 18.7 Å². The lowest BCUT2D eigenvalue weighted by Crippen LogP contribution is -2.18. The predicted octanol–water partition coefficient (Wildman–Crippen LogP) is 3.86. The van der Waals surface area contributed by atoms with Crippen molar-refractivity contribution in [1.82, 2.24) is 0 Å². The molecule has 0 amide bonds. The summed E-state index contributed by atoms with van der Waals surface area (Å²) in [6, 6.07) is 12.8. The molecule has 0 spiro atoms. The summed E-state index contributed by atoms with van der Waals surface area (Å²) in [5.41, 5.74) is 7.24. The van der Waals surface area contributed by atoms with E-state index in [0.29, 0.717) is 0 Å². The fourth-order valence-electron chi connectivity index (χ4n) is 2.34. The van der Waals surface area contributed by atoms with Gasteiger partial charge >= 0.3 is 0 Å². The maximum atomic E-state index is 6.00. The molecule has 0 saturated carbocycles. The standard InChI is InChI=1S/C17H23NOS/c1-3-20-11-10-19-17-9-8-14-6-4-5-7-15(14)16(17)12-13(2)18/h4-9,13H,3,10-12,18H2,1-2H3. The molecule has 1 atom stereocenters. The number of fused-ring (bicyclic) bond motifs is 1. The molecule has 108 valence electrons. The normalized spacial score (nSPS) is 12.6. The lowest BCUT2D eigenvalue weighted by Gasteiger charge is -2.16. The summed E-state index contributed by atoms with van der Waals surface area (Å²) in [5.74, 6) is 3.15. The second-order valence-electron chi connectivity index (χ2n) is 4.99. The first-order valence-corrected chi connectivity index (χ1v) is 8.34. The van der Waals surface area contributed by atoms with Crippen LogP contribution in [0.15, 0.2) is 36.4 Å². The minimum atomic E-state index is 0.133. The Morgan fingerprint density at radius 2 is 2.00 bits per heavy atom. The number of hydrogen-bond acceptors (Lipinski definition) is 3. The first-order chi connectivity index (χ1) is 9.72. The highest BCUT2D eigenvalue weighted by atomic mass is 32.2. The van der Waals surface area contributed by atoms with Crippen molar-refractivity contribution in [2.45, 2.75) is 26.3 Å². The molecule has 2 nitrogen and oxygen atoms in total. The highest BCUT2D eigenvalue weighted by molar-refractivity contribution is 7.99. The lowest BCUT2D eigenvalue weighted by molar-refractivity contribution is 0.340. The highest BCUT2D eigenvalue weighted by Crippen LogP contribution is 2.29. The van der Waals surface area contributed by atoms with Crippen molar-refractivity contribution in [3.8, 4) is 5.75 Å². The van der Waals surface area contributed by atoms with Gasteiger partial charge in [0.15, 0.2) is 0 Å². The van der Waals surface area contributed by atoms with Crippen LogP contribution in [-0.4, -0.2) is 24.2 Å². The Balaban J connectivity index is 2.27. The Labute approximate surface area is 125 Å². The quantitative estimate of drug-likeness (QED) is 0.786. The van der Waals surface area contributed by atoms with Crippen LogP contribution in [0.25, 0.3) is 10.8 Å². The molecule has 0 fully saturated rings. The highest BCUT2D eigenvalue weighted by Gasteiger charge is 2.10. The van der Waals surface area contributed by atoms with E-state index in [1.165, 1.54) is 16.3 Å². The van der Waals surface area contributed by atoms with Gasteiger partial charge in [0, 0.05) is 17.4 Å². The fourth-order valence-corrected chi connectivity index (χ4v) is 2.83. The van der Waals surface area contributed by atoms with Crippen molar-refractivity contribution in [3.63, 3.8) is 0 Å². The Morgan fingerprint density at radius 3 is 2.75 bits per heavy atom. The summed E-state index contributed by atoms with van der Waals surface area (Å²) in [7, 11) is 0. The summed E-state index contributed by atoms with van der Waals surface area (Å²) >= 11 is 1.90. The fraction of sp³-hybridized carbons (Fsp3) is 0.412. The summed E-state index contributed by atoms with van der Waals surface area (Å²) in [6.45, 7) is 4.96. The smallest absolute Gasteiger partial charge is 0.123 e. The van der Waals surface area contributed by atoms with Gasteiger partial charge in [-0.05, 0) is 35.9 Å². The van der Waals surface area contributed by atoms with Crippen molar-refractivity contribution in [2.24, 2.45) is 5.73 Å². The molecule has 0 aliphatic rings. The van der Waals surface area contributed by atoms with Gasteiger partial charge < -0.3 is 10.5 Å². The Bertz CT molecular complexity index is 554. The molecule has 2 rings (SSSR count). The maximum absolute atomic E-state index is 6.00. The van der Waals surface area contributed by atoms with E-state index >= 15 is 0 Å². The molecule has 0 radical (unpaired) electrons. The van der Waals surface area contributed by atoms with Crippen molar-refractivity contribution in [3.05, 3.63) is 42.0 Å². The van der Waals surface area contributed by atoms with Crippen LogP contribution < -0.4 is 10.5 Å². The van der Waals surface area contributed by atoms with E-state index in [-0.39, 0.29) is 6.04 Å². The molecule has 0 bridgehead atoms. The molecule has 0 aliphatic heterocycles. The second kappa shape index (κ2) is 7.55. The van der Waals surface area contributed by atoms with Crippen LogP contribution in [0.2, 0.25) is 0 Å². The molecule has 2 N–H and O–H groups in total. The molecule has 0 aliphatic carbocycles. The zero-order chi connectivity index (χ0) is 14.4. The van der Waals surface area contributed by atoms with Crippen molar-refractivity contribution >= 4 is 22.5 Å². The lowest BCUT2D eigenvalue weighted by atomic mass is 9.98. The molecule has 2 aromatic rings. The van der Waals surface area contributed by atoms with Gasteiger partial charge in [0.1, 0.15) is 5.75 Å². The van der Waals surface area contributed by atoms with Crippen molar-refractivity contribution < 1.29 is 4.74 Å². The van der Waals surface area contributed by atoms with Gasteiger partial charge in [0.2, 0.25) is 0 Å². The third-order valence-corrected chi connectivity index (χ3v) is 4.08. The summed E-state index contributed by atoms with van der Waals surface area (Å²) in [5, 5.41) is 2.50. The number of hydrogen-bond donors (Lipinski definition) is 1. The molecule has 0 heterocycles. The van der Waals surface area contributed by atoms with Crippen molar-refractivity contribution in [2.75, 3.05) is 18.1 Å². The average Bonchev–Trinajstić information content (AvgIpc) is 2.45. The monoisotopic (exact) mass is 289 g/mol. The van der Waals surface area contributed by atoms with Gasteiger partial charge in [0.05, 0.1) is 6.61 Å². The number of thioether (sulfide) groups is 1. The zero-order valence-electron chi connectivity index (χ0n) is 12.3. The number of rotatable bonds is 7. The molecule has 1 unspecified atom stereocenters. The van der Waals surface area contributed by atoms with E-state index < -0.39 is 0 Å². The summed E-state index contributed by atoms with van der Waals surface area (Å²) in [6.07, 6.45) is 0.845. The van der Waals surface area contributed by atoms with Crippen LogP contribution in [0.1, 0.15) is 19.4 Å². The molecule has 20 heavy (non-hydrogen) atoms. The van der Waals surface area contributed by atoms with Crippen LogP contribution in [0.3, 0.4) is 0 Å². The summed E-state index contributed by atoms with van der Waals surface area (Å²) in [4.78, 5) is 0. The van der Waals surface area contributed by atoms with Gasteiger partial charge in [0.25, 0.3) is 0 Å². The molecular formula is C17H23NOS. The molecule has 0 saturated heterocycles. The van der Waals surface area contributed by atoms with E-state index in [0.717, 1.165) is 30.3 Å². The second-order valence-corrected chi connectivity index (χ2v) is 6.38. The third-order valence-electron chi connectivity index (χ3n) is 3.21. The largest absolute Gasteiger partial charge is 0.492 e. The zero-order valence-corrected chi connectivity index (χ0v) is 13.1. The van der Waals surface area contributed by atoms with Crippen LogP contribution in [0.4, 0.5) is 0 Å². The Hall–Kier alpha value is -1.19. The van der Waals surface area contributed by atoms with Gasteiger partial charge in [-0.2, -0.15) is 11.8 Å². The van der Waals surface area contributed by atoms with Crippen molar-refractivity contribution in [1.29, 1.82) is 0 Å². The number of nitrogens with two attached hydrogens (primary N) is 1. The molecule has 0 aromatic heterocycles. The minimum Gasteiger partial charge on any atom is -0.492 e. The Morgan fingerprint density at radius 1 is 1.20 bits per heavy atom. The molecule has 2 aromatic carbocycles. The van der Waals surface area contributed by atoms with Crippen LogP contribution in [-0.2, 0) is 6.42 Å². The van der Waals surface area contributed by atoms with Crippen LogP contribution in [0.5, 0.6) is 5.75 Å². The van der Waals surface area contributed by atoms with E-state index in [1.54, 1.807) is 0 Å². The van der Waals surface area contributed by atoms with Gasteiger partial charge in [-0.3, -0.25) is 0 Å². The topological polar surface area (TPSA) is 35.2 Å². The predicted molar refractivity (Wildman–Crippen MR) is 89.8 cm³/mol. The first kappa shape index (κ1) is 15.2. The van der Waals surface area contributed by atoms with Crippen LogP contribution >= 0.6 is 11.8 Å². The van der Waals surface area contributed by atoms with Gasteiger partial charge in [-0.25, -0.2) is 0 Å². The first-order valence-electron chi connectivity index (χ1n) is 7.19.